The molecule has 1 amide bonds. The van der Waals surface area contributed by atoms with E-state index in [0.29, 0.717) is 5.41 Å². The van der Waals surface area contributed by atoms with Gasteiger partial charge in [-0.2, -0.15) is 0 Å². The van der Waals surface area contributed by atoms with Crippen LogP contribution in [0.2, 0.25) is 0 Å². The standard InChI is InChI=1S/C18H26N2O/c1-18(9-3-2-4-10-18)13-20-17(21)16-7-5-6-14-12-19-11-8-15(14)16/h5-7,19H,2-4,8-13H2,1H3,(H,20,21). The maximum atomic E-state index is 12.6. The minimum Gasteiger partial charge on any atom is -0.351 e. The van der Waals surface area contributed by atoms with Crippen LogP contribution in [-0.4, -0.2) is 19.0 Å². The van der Waals surface area contributed by atoms with Gasteiger partial charge in [0.2, 0.25) is 0 Å². The fourth-order valence-electron chi connectivity index (χ4n) is 3.72. The van der Waals surface area contributed by atoms with E-state index in [0.717, 1.165) is 31.6 Å². The van der Waals surface area contributed by atoms with E-state index in [9.17, 15) is 4.79 Å². The lowest BCUT2D eigenvalue weighted by atomic mass is 9.75. The summed E-state index contributed by atoms with van der Waals surface area (Å²) < 4.78 is 0. The molecule has 3 heteroatoms. The van der Waals surface area contributed by atoms with Crippen molar-refractivity contribution >= 4 is 5.91 Å². The topological polar surface area (TPSA) is 41.1 Å². The summed E-state index contributed by atoms with van der Waals surface area (Å²) >= 11 is 0. The van der Waals surface area contributed by atoms with E-state index < -0.39 is 0 Å². The van der Waals surface area contributed by atoms with Crippen molar-refractivity contribution in [2.24, 2.45) is 5.41 Å². The number of carbonyl (C=O) groups excluding carboxylic acids is 1. The van der Waals surface area contributed by atoms with E-state index in [1.165, 1.54) is 43.2 Å². The molecule has 114 valence electrons. The third-order valence-corrected chi connectivity index (χ3v) is 5.12. The van der Waals surface area contributed by atoms with Crippen molar-refractivity contribution in [3.8, 4) is 0 Å². The molecule has 1 aromatic carbocycles. The van der Waals surface area contributed by atoms with Gasteiger partial charge in [-0.3, -0.25) is 4.79 Å². The predicted octanol–water partition coefficient (Wildman–Crippen LogP) is 3.03. The summed E-state index contributed by atoms with van der Waals surface area (Å²) in [4.78, 5) is 12.6. The summed E-state index contributed by atoms with van der Waals surface area (Å²) in [5, 5.41) is 6.57. The molecule has 1 aromatic rings. The van der Waals surface area contributed by atoms with Crippen LogP contribution >= 0.6 is 0 Å². The van der Waals surface area contributed by atoms with Gasteiger partial charge in [-0.1, -0.05) is 38.3 Å². The molecule has 1 aliphatic heterocycles. The zero-order valence-corrected chi connectivity index (χ0v) is 13.0. The van der Waals surface area contributed by atoms with Gasteiger partial charge < -0.3 is 10.6 Å². The Hall–Kier alpha value is -1.35. The van der Waals surface area contributed by atoms with Crippen LogP contribution in [0.5, 0.6) is 0 Å². The molecule has 2 aliphatic rings. The zero-order valence-electron chi connectivity index (χ0n) is 13.0. The summed E-state index contributed by atoms with van der Waals surface area (Å²) in [5.74, 6) is 0.112. The third kappa shape index (κ3) is 3.29. The highest BCUT2D eigenvalue weighted by Gasteiger charge is 2.27. The van der Waals surface area contributed by atoms with Gasteiger partial charge in [0.1, 0.15) is 0 Å². The van der Waals surface area contributed by atoms with Crippen molar-refractivity contribution in [2.45, 2.75) is 52.0 Å². The first-order valence-corrected chi connectivity index (χ1v) is 8.28. The van der Waals surface area contributed by atoms with Crippen LogP contribution in [0.15, 0.2) is 18.2 Å². The van der Waals surface area contributed by atoms with E-state index >= 15 is 0 Å². The average molecular weight is 286 g/mol. The van der Waals surface area contributed by atoms with E-state index in [1.54, 1.807) is 0 Å². The Kier molecular flexibility index (Phi) is 4.29. The van der Waals surface area contributed by atoms with E-state index in [2.05, 4.69) is 23.6 Å². The highest BCUT2D eigenvalue weighted by molar-refractivity contribution is 5.96. The van der Waals surface area contributed by atoms with Crippen LogP contribution < -0.4 is 10.6 Å². The maximum absolute atomic E-state index is 12.6. The van der Waals surface area contributed by atoms with Crippen LogP contribution in [-0.2, 0) is 13.0 Å². The van der Waals surface area contributed by atoms with Crippen molar-refractivity contribution in [3.05, 3.63) is 34.9 Å². The second-order valence-corrected chi connectivity index (χ2v) is 6.92. The Morgan fingerprint density at radius 2 is 2.10 bits per heavy atom. The number of benzene rings is 1. The first-order valence-electron chi connectivity index (χ1n) is 8.28. The summed E-state index contributed by atoms with van der Waals surface area (Å²) in [6.07, 6.45) is 7.39. The summed E-state index contributed by atoms with van der Waals surface area (Å²) in [7, 11) is 0. The van der Waals surface area contributed by atoms with Crippen molar-refractivity contribution in [3.63, 3.8) is 0 Å². The Balaban J connectivity index is 1.68. The molecule has 1 fully saturated rings. The van der Waals surface area contributed by atoms with Crippen molar-refractivity contribution in [1.82, 2.24) is 10.6 Å². The normalized spacial score (nSPS) is 20.6. The number of fused-ring (bicyclic) bond motifs is 1. The Bertz CT molecular complexity index is 518. The average Bonchev–Trinajstić information content (AvgIpc) is 2.53. The van der Waals surface area contributed by atoms with Gasteiger partial charge in [0.25, 0.3) is 5.91 Å². The minimum atomic E-state index is 0.112. The summed E-state index contributed by atoms with van der Waals surface area (Å²) in [5.41, 5.74) is 3.69. The molecule has 3 nitrogen and oxygen atoms in total. The first-order chi connectivity index (χ1) is 10.2. The molecule has 21 heavy (non-hydrogen) atoms. The minimum absolute atomic E-state index is 0.112. The quantitative estimate of drug-likeness (QED) is 0.896. The monoisotopic (exact) mass is 286 g/mol. The van der Waals surface area contributed by atoms with E-state index in [4.69, 9.17) is 0 Å². The highest BCUT2D eigenvalue weighted by atomic mass is 16.1. The number of hydrogen-bond donors (Lipinski definition) is 2. The molecular weight excluding hydrogens is 260 g/mol. The summed E-state index contributed by atoms with van der Waals surface area (Å²) in [6.45, 7) is 4.98. The van der Waals surface area contributed by atoms with Gasteiger partial charge >= 0.3 is 0 Å². The van der Waals surface area contributed by atoms with E-state index in [1.807, 2.05) is 12.1 Å². The number of rotatable bonds is 3. The first kappa shape index (κ1) is 14.6. The van der Waals surface area contributed by atoms with Crippen molar-refractivity contribution < 1.29 is 4.79 Å². The molecule has 0 saturated heterocycles. The summed E-state index contributed by atoms with van der Waals surface area (Å²) in [6, 6.07) is 6.10. The van der Waals surface area contributed by atoms with Crippen LogP contribution in [0.4, 0.5) is 0 Å². The lowest BCUT2D eigenvalue weighted by Crippen LogP contribution is -2.38. The predicted molar refractivity (Wildman–Crippen MR) is 85.4 cm³/mol. The van der Waals surface area contributed by atoms with Crippen molar-refractivity contribution in [2.75, 3.05) is 13.1 Å². The van der Waals surface area contributed by atoms with Gasteiger partial charge in [0.05, 0.1) is 0 Å². The maximum Gasteiger partial charge on any atom is 0.251 e. The molecule has 2 N–H and O–H groups in total. The van der Waals surface area contributed by atoms with Gasteiger partial charge in [0, 0.05) is 18.7 Å². The van der Waals surface area contributed by atoms with Gasteiger partial charge in [-0.15, -0.1) is 0 Å². The van der Waals surface area contributed by atoms with Crippen LogP contribution in [0, 0.1) is 5.41 Å². The van der Waals surface area contributed by atoms with Crippen molar-refractivity contribution in [1.29, 1.82) is 0 Å². The molecule has 0 radical (unpaired) electrons. The number of amides is 1. The Labute approximate surface area is 127 Å². The SMILES string of the molecule is CC1(CNC(=O)c2cccc3c2CCNC3)CCCCC1. The largest absolute Gasteiger partial charge is 0.351 e. The zero-order chi connectivity index (χ0) is 14.7. The third-order valence-electron chi connectivity index (χ3n) is 5.12. The molecule has 0 unspecified atom stereocenters. The molecule has 1 aliphatic carbocycles. The molecular formula is C18H26N2O. The Morgan fingerprint density at radius 1 is 1.29 bits per heavy atom. The van der Waals surface area contributed by atoms with Gasteiger partial charge in [-0.25, -0.2) is 0 Å². The highest BCUT2D eigenvalue weighted by Crippen LogP contribution is 2.35. The smallest absolute Gasteiger partial charge is 0.251 e. The lowest BCUT2D eigenvalue weighted by Gasteiger charge is -2.33. The van der Waals surface area contributed by atoms with Gasteiger partial charge in [0.15, 0.2) is 0 Å². The van der Waals surface area contributed by atoms with Gasteiger partial charge in [-0.05, 0) is 48.4 Å². The molecule has 1 saturated carbocycles. The molecule has 0 bridgehead atoms. The second-order valence-electron chi connectivity index (χ2n) is 6.92. The molecule has 0 spiro atoms. The Morgan fingerprint density at radius 3 is 2.90 bits per heavy atom. The number of carbonyl (C=O) groups is 1. The van der Waals surface area contributed by atoms with Crippen LogP contribution in [0.25, 0.3) is 0 Å². The molecule has 1 heterocycles. The molecule has 0 atom stereocenters. The number of hydrogen-bond acceptors (Lipinski definition) is 2. The second kappa shape index (κ2) is 6.18. The lowest BCUT2D eigenvalue weighted by molar-refractivity contribution is 0.0918. The fourth-order valence-corrected chi connectivity index (χ4v) is 3.72. The number of nitrogens with one attached hydrogen (secondary N) is 2. The fraction of sp³-hybridized carbons (Fsp3) is 0.611. The molecule has 0 aromatic heterocycles. The van der Waals surface area contributed by atoms with Crippen LogP contribution in [0.3, 0.4) is 0 Å². The van der Waals surface area contributed by atoms with Crippen LogP contribution in [0.1, 0.15) is 60.5 Å². The molecule has 3 rings (SSSR count). The van der Waals surface area contributed by atoms with E-state index in [-0.39, 0.29) is 5.91 Å².